The van der Waals surface area contributed by atoms with Crippen LogP contribution >= 0.6 is 0 Å². The first-order valence-corrected chi connectivity index (χ1v) is 9.19. The Labute approximate surface area is 130 Å². The molecular weight excluding hydrogens is 312 g/mol. The third kappa shape index (κ3) is 4.40. The number of sulfonamides is 1. The van der Waals surface area contributed by atoms with Gasteiger partial charge in [0.2, 0.25) is 15.9 Å². The van der Waals surface area contributed by atoms with Crippen LogP contribution in [0, 0.1) is 5.92 Å². The van der Waals surface area contributed by atoms with Crippen LogP contribution in [0.1, 0.15) is 19.3 Å². The highest BCUT2D eigenvalue weighted by atomic mass is 32.2. The second-order valence-corrected chi connectivity index (χ2v) is 7.82. The highest BCUT2D eigenvalue weighted by Gasteiger charge is 2.34. The highest BCUT2D eigenvalue weighted by molar-refractivity contribution is 7.88. The maximum absolute atomic E-state index is 12.6. The lowest BCUT2D eigenvalue weighted by Crippen LogP contribution is -2.51. The zero-order valence-electron chi connectivity index (χ0n) is 12.6. The fourth-order valence-corrected chi connectivity index (χ4v) is 3.85. The molecule has 22 heavy (non-hydrogen) atoms. The van der Waals surface area contributed by atoms with Crippen LogP contribution in [0.25, 0.3) is 0 Å². The summed E-state index contributed by atoms with van der Waals surface area (Å²) in [7, 11) is -3.29. The van der Waals surface area contributed by atoms with E-state index in [0.29, 0.717) is 32.5 Å². The molecule has 1 N–H and O–H groups in total. The van der Waals surface area contributed by atoms with Crippen molar-refractivity contribution in [2.75, 3.05) is 39.0 Å². The van der Waals surface area contributed by atoms with Crippen molar-refractivity contribution in [1.29, 1.82) is 0 Å². The van der Waals surface area contributed by atoms with Gasteiger partial charge in [-0.1, -0.05) is 0 Å². The summed E-state index contributed by atoms with van der Waals surface area (Å²) < 4.78 is 29.9. The van der Waals surface area contributed by atoms with Crippen molar-refractivity contribution in [2.24, 2.45) is 5.92 Å². The van der Waals surface area contributed by atoms with Gasteiger partial charge >= 0.3 is 5.97 Å². The van der Waals surface area contributed by atoms with Gasteiger partial charge in [-0.3, -0.25) is 9.59 Å². The Balaban J connectivity index is 1.97. The predicted octanol–water partition coefficient (Wildman–Crippen LogP) is -0.640. The Morgan fingerprint density at radius 1 is 1.27 bits per heavy atom. The van der Waals surface area contributed by atoms with E-state index in [1.807, 2.05) is 0 Å². The van der Waals surface area contributed by atoms with Crippen molar-refractivity contribution in [3.05, 3.63) is 0 Å². The molecule has 1 amide bonds. The molecule has 0 radical (unpaired) electrons. The van der Waals surface area contributed by atoms with Crippen LogP contribution in [-0.4, -0.2) is 79.8 Å². The third-order valence-corrected chi connectivity index (χ3v) is 5.32. The molecular formula is C13H22N2O6S. The average Bonchev–Trinajstić information content (AvgIpc) is 2.45. The zero-order valence-corrected chi connectivity index (χ0v) is 13.4. The van der Waals surface area contributed by atoms with Gasteiger partial charge in [-0.2, -0.15) is 0 Å². The molecule has 2 heterocycles. The van der Waals surface area contributed by atoms with Gasteiger partial charge in [-0.25, -0.2) is 12.7 Å². The van der Waals surface area contributed by atoms with Crippen LogP contribution < -0.4 is 0 Å². The van der Waals surface area contributed by atoms with Crippen molar-refractivity contribution in [3.63, 3.8) is 0 Å². The van der Waals surface area contributed by atoms with Gasteiger partial charge in [0, 0.05) is 26.2 Å². The third-order valence-electron chi connectivity index (χ3n) is 4.06. The van der Waals surface area contributed by atoms with Crippen molar-refractivity contribution in [2.45, 2.75) is 25.4 Å². The first kappa shape index (κ1) is 17.2. The highest BCUT2D eigenvalue weighted by Crippen LogP contribution is 2.22. The summed E-state index contributed by atoms with van der Waals surface area (Å²) in [4.78, 5) is 24.9. The lowest BCUT2D eigenvalue weighted by Gasteiger charge is -2.37. The number of rotatable bonds is 4. The number of hydrogen-bond donors (Lipinski definition) is 1. The van der Waals surface area contributed by atoms with Gasteiger partial charge in [0.25, 0.3) is 0 Å². The van der Waals surface area contributed by atoms with Gasteiger partial charge in [-0.15, -0.1) is 0 Å². The Morgan fingerprint density at radius 3 is 2.64 bits per heavy atom. The fraction of sp³-hybridized carbons (Fsp3) is 0.846. The number of carbonyl (C=O) groups excluding carboxylic acids is 1. The van der Waals surface area contributed by atoms with Gasteiger partial charge in [0.05, 0.1) is 31.3 Å². The zero-order chi connectivity index (χ0) is 16.3. The fourth-order valence-electron chi connectivity index (χ4n) is 2.94. The van der Waals surface area contributed by atoms with Crippen LogP contribution in [0.3, 0.4) is 0 Å². The molecule has 2 fully saturated rings. The molecule has 0 aromatic heterocycles. The van der Waals surface area contributed by atoms with Crippen molar-refractivity contribution in [3.8, 4) is 0 Å². The van der Waals surface area contributed by atoms with Crippen LogP contribution in [0.2, 0.25) is 0 Å². The maximum Gasteiger partial charge on any atom is 0.306 e. The monoisotopic (exact) mass is 334 g/mol. The number of aliphatic carboxylic acids is 1. The van der Waals surface area contributed by atoms with E-state index in [4.69, 9.17) is 9.84 Å². The van der Waals surface area contributed by atoms with Crippen molar-refractivity contribution < 1.29 is 27.9 Å². The summed E-state index contributed by atoms with van der Waals surface area (Å²) in [5, 5.41) is 8.81. The molecule has 0 bridgehead atoms. The Kier molecular flexibility index (Phi) is 5.41. The van der Waals surface area contributed by atoms with E-state index >= 15 is 0 Å². The predicted molar refractivity (Wildman–Crippen MR) is 77.7 cm³/mol. The quantitative estimate of drug-likeness (QED) is 0.733. The Bertz CT molecular complexity index is 535. The minimum absolute atomic E-state index is 0.105. The van der Waals surface area contributed by atoms with E-state index in [9.17, 15) is 18.0 Å². The first-order chi connectivity index (χ1) is 10.3. The number of carboxylic acid groups (broad SMARTS) is 1. The van der Waals surface area contributed by atoms with E-state index in [1.54, 1.807) is 4.90 Å². The van der Waals surface area contributed by atoms with E-state index in [0.717, 1.165) is 6.26 Å². The first-order valence-electron chi connectivity index (χ1n) is 7.34. The average molecular weight is 334 g/mol. The molecule has 0 saturated carbocycles. The molecule has 0 spiro atoms. The number of nitrogens with zero attached hydrogens (tertiary/aromatic N) is 2. The van der Waals surface area contributed by atoms with Crippen LogP contribution in [0.4, 0.5) is 0 Å². The molecule has 2 aliphatic rings. The molecule has 0 aromatic rings. The minimum Gasteiger partial charge on any atom is -0.481 e. The molecule has 8 nitrogen and oxygen atoms in total. The molecule has 126 valence electrons. The normalized spacial score (nSPS) is 27.6. The number of hydrogen-bond acceptors (Lipinski definition) is 5. The summed E-state index contributed by atoms with van der Waals surface area (Å²) in [5.41, 5.74) is 0. The minimum atomic E-state index is -3.29. The number of amides is 1. The second-order valence-electron chi connectivity index (χ2n) is 5.84. The van der Waals surface area contributed by atoms with Gasteiger partial charge in [0.15, 0.2) is 0 Å². The molecule has 2 unspecified atom stereocenters. The van der Waals surface area contributed by atoms with E-state index in [2.05, 4.69) is 0 Å². The SMILES string of the molecule is CS(=O)(=O)N1CCCC(C(=O)N2CCOC(CC(=O)O)C2)C1. The second kappa shape index (κ2) is 6.93. The van der Waals surface area contributed by atoms with Crippen LogP contribution in [0.15, 0.2) is 0 Å². The summed E-state index contributed by atoms with van der Waals surface area (Å²) >= 11 is 0. The molecule has 9 heteroatoms. The lowest BCUT2D eigenvalue weighted by atomic mass is 9.97. The standard InChI is InChI=1S/C13H22N2O6S/c1-22(19,20)15-4-2-3-10(8-15)13(18)14-5-6-21-11(9-14)7-12(16)17/h10-11H,2-9H2,1H3,(H,16,17). The van der Waals surface area contributed by atoms with E-state index < -0.39 is 22.1 Å². The van der Waals surface area contributed by atoms with Gasteiger partial charge < -0.3 is 14.7 Å². The van der Waals surface area contributed by atoms with E-state index in [-0.39, 0.29) is 31.3 Å². The van der Waals surface area contributed by atoms with Crippen LogP contribution in [-0.2, 0) is 24.3 Å². The topological polar surface area (TPSA) is 104 Å². The molecule has 2 atom stereocenters. The Hall–Kier alpha value is -1.19. The molecule has 2 rings (SSSR count). The maximum atomic E-state index is 12.6. The summed E-state index contributed by atoms with van der Waals surface area (Å²) in [5.74, 6) is -1.42. The number of piperidine rings is 1. The summed E-state index contributed by atoms with van der Waals surface area (Å²) in [6.45, 7) is 1.64. The lowest BCUT2D eigenvalue weighted by molar-refractivity contribution is -0.150. The molecule has 0 aliphatic carbocycles. The van der Waals surface area contributed by atoms with E-state index in [1.165, 1.54) is 4.31 Å². The summed E-state index contributed by atoms with van der Waals surface area (Å²) in [6, 6.07) is 0. The molecule has 2 saturated heterocycles. The smallest absolute Gasteiger partial charge is 0.306 e. The molecule has 0 aromatic carbocycles. The van der Waals surface area contributed by atoms with Gasteiger partial charge in [0.1, 0.15) is 0 Å². The number of morpholine rings is 1. The van der Waals surface area contributed by atoms with Gasteiger partial charge in [-0.05, 0) is 12.8 Å². The molecule has 2 aliphatic heterocycles. The van der Waals surface area contributed by atoms with Crippen LogP contribution in [0.5, 0.6) is 0 Å². The summed E-state index contributed by atoms with van der Waals surface area (Å²) in [6.07, 6.45) is 1.84. The Morgan fingerprint density at radius 2 is 2.00 bits per heavy atom. The van der Waals surface area contributed by atoms with Crippen molar-refractivity contribution in [1.82, 2.24) is 9.21 Å². The number of ether oxygens (including phenoxy) is 1. The van der Waals surface area contributed by atoms with Crippen molar-refractivity contribution >= 4 is 21.9 Å². The number of carboxylic acids is 1. The number of carbonyl (C=O) groups is 2. The largest absolute Gasteiger partial charge is 0.481 e.